The first-order valence-electron chi connectivity index (χ1n) is 10.3. The molecule has 0 aliphatic rings. The van der Waals surface area contributed by atoms with Crippen molar-refractivity contribution in [3.63, 3.8) is 0 Å². The molecule has 3 aromatic carbocycles. The normalized spacial score (nSPS) is 11.0. The van der Waals surface area contributed by atoms with E-state index in [0.717, 1.165) is 22.5 Å². The summed E-state index contributed by atoms with van der Waals surface area (Å²) in [5.41, 5.74) is 3.52. The zero-order chi connectivity index (χ0) is 22.5. The van der Waals surface area contributed by atoms with E-state index in [9.17, 15) is 9.18 Å². The maximum atomic E-state index is 13.4. The standard InChI is InChI=1S/C25H23FN4OS/c1-17(2)21-10-6-7-11-22(21)27-23(31)16-32-25-29-28-24(18-12-14-19(26)15-13-18)30(25)20-8-4-3-5-9-20/h3-15,17H,16H2,1-2H3,(H,27,31). The fraction of sp³-hybridized carbons (Fsp3) is 0.160. The highest BCUT2D eigenvalue weighted by molar-refractivity contribution is 7.99. The van der Waals surface area contributed by atoms with Gasteiger partial charge in [-0.05, 0) is 53.9 Å². The average Bonchev–Trinajstić information content (AvgIpc) is 3.23. The molecule has 0 aliphatic carbocycles. The molecule has 4 rings (SSSR count). The molecule has 0 saturated heterocycles. The van der Waals surface area contributed by atoms with E-state index >= 15 is 0 Å². The predicted molar refractivity (Wildman–Crippen MR) is 127 cm³/mol. The van der Waals surface area contributed by atoms with Crippen LogP contribution >= 0.6 is 11.8 Å². The minimum atomic E-state index is -0.313. The lowest BCUT2D eigenvalue weighted by Crippen LogP contribution is -2.16. The number of hydrogen-bond acceptors (Lipinski definition) is 4. The maximum absolute atomic E-state index is 13.4. The van der Waals surface area contributed by atoms with Gasteiger partial charge in [-0.15, -0.1) is 10.2 Å². The molecule has 7 heteroatoms. The van der Waals surface area contributed by atoms with Crippen molar-refractivity contribution in [3.8, 4) is 17.1 Å². The second-order valence-corrected chi connectivity index (χ2v) is 8.51. The number of aromatic nitrogens is 3. The molecular formula is C25H23FN4OS. The van der Waals surface area contributed by atoms with Gasteiger partial charge in [0.05, 0.1) is 5.75 Å². The maximum Gasteiger partial charge on any atom is 0.234 e. The predicted octanol–water partition coefficient (Wildman–Crippen LogP) is 5.93. The number of carbonyl (C=O) groups is 1. The van der Waals surface area contributed by atoms with Crippen molar-refractivity contribution in [3.05, 3.63) is 90.2 Å². The van der Waals surface area contributed by atoms with Gasteiger partial charge in [0.1, 0.15) is 5.82 Å². The Morgan fingerprint density at radius 2 is 1.66 bits per heavy atom. The number of thioether (sulfide) groups is 1. The van der Waals surface area contributed by atoms with Crippen molar-refractivity contribution >= 4 is 23.4 Å². The van der Waals surface area contributed by atoms with Crippen LogP contribution < -0.4 is 5.32 Å². The van der Waals surface area contributed by atoms with Crippen molar-refractivity contribution in [1.29, 1.82) is 0 Å². The lowest BCUT2D eigenvalue weighted by atomic mass is 10.0. The molecule has 1 amide bonds. The van der Waals surface area contributed by atoms with Crippen LogP contribution in [0.25, 0.3) is 17.1 Å². The molecule has 0 unspecified atom stereocenters. The topological polar surface area (TPSA) is 59.8 Å². The fourth-order valence-corrected chi connectivity index (χ4v) is 4.14. The summed E-state index contributed by atoms with van der Waals surface area (Å²) in [5.74, 6) is 0.644. The number of hydrogen-bond donors (Lipinski definition) is 1. The summed E-state index contributed by atoms with van der Waals surface area (Å²) < 4.78 is 15.3. The van der Waals surface area contributed by atoms with Crippen molar-refractivity contribution < 1.29 is 9.18 Å². The number of anilines is 1. The van der Waals surface area contributed by atoms with Crippen molar-refractivity contribution in [1.82, 2.24) is 14.8 Å². The van der Waals surface area contributed by atoms with Gasteiger partial charge >= 0.3 is 0 Å². The zero-order valence-corrected chi connectivity index (χ0v) is 18.6. The molecule has 162 valence electrons. The SMILES string of the molecule is CC(C)c1ccccc1NC(=O)CSc1nnc(-c2ccc(F)cc2)n1-c1ccccc1. The molecule has 1 aromatic heterocycles. The van der Waals surface area contributed by atoms with Gasteiger partial charge in [-0.25, -0.2) is 4.39 Å². The first-order valence-corrected chi connectivity index (χ1v) is 11.3. The summed E-state index contributed by atoms with van der Waals surface area (Å²) in [4.78, 5) is 12.7. The number of benzene rings is 3. The molecule has 4 aromatic rings. The molecule has 32 heavy (non-hydrogen) atoms. The highest BCUT2D eigenvalue weighted by atomic mass is 32.2. The van der Waals surface area contributed by atoms with E-state index in [1.54, 1.807) is 12.1 Å². The second-order valence-electron chi connectivity index (χ2n) is 7.56. The third kappa shape index (κ3) is 4.89. The van der Waals surface area contributed by atoms with Crippen molar-refractivity contribution in [2.75, 3.05) is 11.1 Å². The summed E-state index contributed by atoms with van der Waals surface area (Å²) in [6, 6.07) is 23.6. The number of nitrogens with zero attached hydrogens (tertiary/aromatic N) is 3. The Bertz CT molecular complexity index is 1210. The molecule has 0 saturated carbocycles. The minimum absolute atomic E-state index is 0.117. The van der Waals surface area contributed by atoms with Gasteiger partial charge in [-0.3, -0.25) is 9.36 Å². The van der Waals surface area contributed by atoms with E-state index in [-0.39, 0.29) is 17.5 Å². The van der Waals surface area contributed by atoms with E-state index in [2.05, 4.69) is 29.4 Å². The molecular weight excluding hydrogens is 423 g/mol. The van der Waals surface area contributed by atoms with E-state index in [1.807, 2.05) is 59.2 Å². The lowest BCUT2D eigenvalue weighted by molar-refractivity contribution is -0.113. The van der Waals surface area contributed by atoms with Crippen LogP contribution in [0.4, 0.5) is 10.1 Å². The Hall–Kier alpha value is -3.45. The van der Waals surface area contributed by atoms with Crippen LogP contribution in [0, 0.1) is 5.82 Å². The third-order valence-electron chi connectivity index (χ3n) is 4.94. The summed E-state index contributed by atoms with van der Waals surface area (Å²) in [7, 11) is 0. The van der Waals surface area contributed by atoms with E-state index in [1.165, 1.54) is 23.9 Å². The summed E-state index contributed by atoms with van der Waals surface area (Å²) in [5, 5.41) is 12.2. The minimum Gasteiger partial charge on any atom is -0.325 e. The highest BCUT2D eigenvalue weighted by Crippen LogP contribution is 2.29. The monoisotopic (exact) mass is 446 g/mol. The van der Waals surface area contributed by atoms with Crippen LogP contribution in [0.1, 0.15) is 25.3 Å². The van der Waals surface area contributed by atoms with Gasteiger partial charge in [0.25, 0.3) is 0 Å². The van der Waals surface area contributed by atoms with Gasteiger partial charge < -0.3 is 5.32 Å². The number of rotatable bonds is 7. The molecule has 1 N–H and O–H groups in total. The van der Waals surface area contributed by atoms with Crippen LogP contribution in [0.5, 0.6) is 0 Å². The van der Waals surface area contributed by atoms with Crippen molar-refractivity contribution in [2.24, 2.45) is 0 Å². The molecule has 0 fully saturated rings. The number of para-hydroxylation sites is 2. The lowest BCUT2D eigenvalue weighted by Gasteiger charge is -2.14. The quantitative estimate of drug-likeness (QED) is 0.358. The van der Waals surface area contributed by atoms with E-state index in [0.29, 0.717) is 16.9 Å². The fourth-order valence-electron chi connectivity index (χ4n) is 3.39. The third-order valence-corrected chi connectivity index (χ3v) is 5.87. The van der Waals surface area contributed by atoms with Crippen LogP contribution in [-0.4, -0.2) is 26.4 Å². The molecule has 1 heterocycles. The van der Waals surface area contributed by atoms with E-state index < -0.39 is 0 Å². The van der Waals surface area contributed by atoms with Gasteiger partial charge in [0.2, 0.25) is 5.91 Å². The second kappa shape index (κ2) is 9.78. The molecule has 0 bridgehead atoms. The van der Waals surface area contributed by atoms with Gasteiger partial charge in [-0.1, -0.05) is 62.0 Å². The van der Waals surface area contributed by atoms with Crippen LogP contribution in [-0.2, 0) is 4.79 Å². The smallest absolute Gasteiger partial charge is 0.234 e. The summed E-state index contributed by atoms with van der Waals surface area (Å²) in [6.45, 7) is 4.19. The molecule has 0 radical (unpaired) electrons. The highest BCUT2D eigenvalue weighted by Gasteiger charge is 2.18. The van der Waals surface area contributed by atoms with Gasteiger partial charge in [0.15, 0.2) is 11.0 Å². The first-order chi connectivity index (χ1) is 15.5. The molecule has 5 nitrogen and oxygen atoms in total. The van der Waals surface area contributed by atoms with Gasteiger partial charge in [-0.2, -0.15) is 0 Å². The Morgan fingerprint density at radius 1 is 0.969 bits per heavy atom. The Balaban J connectivity index is 1.58. The number of amides is 1. The number of nitrogens with one attached hydrogen (secondary N) is 1. The molecule has 0 spiro atoms. The molecule has 0 atom stereocenters. The van der Waals surface area contributed by atoms with Crippen LogP contribution in [0.3, 0.4) is 0 Å². The summed E-state index contributed by atoms with van der Waals surface area (Å²) >= 11 is 1.31. The van der Waals surface area contributed by atoms with Crippen LogP contribution in [0.2, 0.25) is 0 Å². The zero-order valence-electron chi connectivity index (χ0n) is 17.8. The Morgan fingerprint density at radius 3 is 2.38 bits per heavy atom. The number of halogens is 1. The number of carbonyl (C=O) groups excluding carboxylic acids is 1. The average molecular weight is 447 g/mol. The molecule has 0 aliphatic heterocycles. The first kappa shape index (κ1) is 21.8. The Kier molecular flexibility index (Phi) is 6.66. The van der Waals surface area contributed by atoms with Crippen LogP contribution in [0.15, 0.2) is 84.0 Å². The Labute approximate surface area is 190 Å². The van der Waals surface area contributed by atoms with E-state index in [4.69, 9.17) is 0 Å². The van der Waals surface area contributed by atoms with Gasteiger partial charge in [0, 0.05) is 16.9 Å². The summed E-state index contributed by atoms with van der Waals surface area (Å²) in [6.07, 6.45) is 0. The largest absolute Gasteiger partial charge is 0.325 e. The van der Waals surface area contributed by atoms with Crippen molar-refractivity contribution in [2.45, 2.75) is 24.9 Å².